The summed E-state index contributed by atoms with van der Waals surface area (Å²) in [5.41, 5.74) is 0.293. The van der Waals surface area contributed by atoms with Crippen LogP contribution in [-0.4, -0.2) is 0 Å². The lowest BCUT2D eigenvalue weighted by Gasteiger charge is -2.09. The average Bonchev–Trinajstić information content (AvgIpc) is 1.30. The van der Waals surface area contributed by atoms with E-state index in [9.17, 15) is 0 Å². The first-order chi connectivity index (χ1) is 3.06. The third-order valence-corrected chi connectivity index (χ3v) is 0.724. The number of rotatable bonds is 0. The minimum Gasteiger partial charge on any atom is -0.152 e. The Morgan fingerprint density at radius 1 is 1.29 bits per heavy atom. The quantitative estimate of drug-likeness (QED) is 0.462. The normalized spacial score (nSPS) is 13.1. The van der Waals surface area contributed by atoms with Crippen molar-refractivity contribution in [3.63, 3.8) is 0 Å². The molecule has 0 atom stereocenters. The second-order valence-corrected chi connectivity index (χ2v) is 2.98. The average molecular weight is 116 g/mol. The molecule has 0 saturated carbocycles. The molecule has 0 nitrogen and oxygen atoms in total. The van der Waals surface area contributed by atoms with Gasteiger partial charge in [0.05, 0.1) is 0 Å². The lowest BCUT2D eigenvalue weighted by atomic mass is 9.98. The number of hydrogen-bond donors (Lipinski definition) is 1. The van der Waals surface area contributed by atoms with Crippen LogP contribution in [0.15, 0.2) is 11.5 Å². The summed E-state index contributed by atoms with van der Waals surface area (Å²) in [4.78, 5) is 0. The highest BCUT2D eigenvalue weighted by Gasteiger charge is 2.01. The molecule has 0 spiro atoms. The molecule has 7 heavy (non-hydrogen) atoms. The standard InChI is InChI=1S/C6H12S/c1-6(2,3)4-5-7/h4-5,7H,1-3H3. The van der Waals surface area contributed by atoms with E-state index in [0.717, 1.165) is 0 Å². The molecule has 0 aromatic carbocycles. The minimum atomic E-state index is 0.293. The zero-order valence-corrected chi connectivity index (χ0v) is 6.00. The third-order valence-electron chi connectivity index (χ3n) is 0.575. The molecular formula is C6H12S. The first-order valence-corrected chi connectivity index (χ1v) is 2.90. The molecule has 0 aromatic heterocycles. The Morgan fingerprint density at radius 2 is 1.71 bits per heavy atom. The van der Waals surface area contributed by atoms with Crippen LogP contribution >= 0.6 is 12.6 Å². The third kappa shape index (κ3) is 6.09. The Morgan fingerprint density at radius 3 is 1.71 bits per heavy atom. The van der Waals surface area contributed by atoms with E-state index >= 15 is 0 Å². The van der Waals surface area contributed by atoms with Gasteiger partial charge in [-0.05, 0) is 10.8 Å². The van der Waals surface area contributed by atoms with Crippen molar-refractivity contribution in [1.82, 2.24) is 0 Å². The van der Waals surface area contributed by atoms with Gasteiger partial charge in [-0.15, -0.1) is 0 Å². The number of hydrogen-bond acceptors (Lipinski definition) is 1. The molecular weight excluding hydrogens is 104 g/mol. The van der Waals surface area contributed by atoms with Crippen molar-refractivity contribution in [3.8, 4) is 0 Å². The van der Waals surface area contributed by atoms with Crippen molar-refractivity contribution in [2.75, 3.05) is 0 Å². The smallest absolute Gasteiger partial charge is 0.0195 e. The summed E-state index contributed by atoms with van der Waals surface area (Å²) in [5.74, 6) is 0. The Balaban J connectivity index is 3.56. The molecule has 0 fully saturated rings. The lowest BCUT2D eigenvalue weighted by Crippen LogP contribution is -1.97. The maximum absolute atomic E-state index is 3.93. The van der Waals surface area contributed by atoms with E-state index in [0.29, 0.717) is 5.41 Å². The van der Waals surface area contributed by atoms with Gasteiger partial charge in [0.25, 0.3) is 0 Å². The zero-order chi connectivity index (χ0) is 5.91. The fourth-order valence-electron chi connectivity index (χ4n) is 0.224. The number of thiol groups is 1. The molecule has 0 aliphatic rings. The van der Waals surface area contributed by atoms with Crippen molar-refractivity contribution < 1.29 is 0 Å². The molecule has 1 heteroatoms. The molecule has 0 rings (SSSR count). The van der Waals surface area contributed by atoms with E-state index < -0.39 is 0 Å². The first kappa shape index (κ1) is 7.09. The van der Waals surface area contributed by atoms with Gasteiger partial charge in [0.2, 0.25) is 0 Å². The predicted molar refractivity (Wildman–Crippen MR) is 37.6 cm³/mol. The Hall–Kier alpha value is 0.0900. The molecule has 0 aromatic rings. The fraction of sp³-hybridized carbons (Fsp3) is 0.667. The summed E-state index contributed by atoms with van der Waals surface area (Å²) in [5, 5.41) is 1.78. The van der Waals surface area contributed by atoms with Crippen LogP contribution in [0.4, 0.5) is 0 Å². The van der Waals surface area contributed by atoms with Crippen LogP contribution in [-0.2, 0) is 0 Å². The summed E-state index contributed by atoms with van der Waals surface area (Å²) in [6.07, 6.45) is 2.05. The Labute approximate surface area is 51.0 Å². The largest absolute Gasteiger partial charge is 0.152 e. The summed E-state index contributed by atoms with van der Waals surface area (Å²) in [6.45, 7) is 6.42. The topological polar surface area (TPSA) is 0 Å². The molecule has 0 radical (unpaired) electrons. The molecule has 0 aliphatic heterocycles. The van der Waals surface area contributed by atoms with E-state index in [4.69, 9.17) is 0 Å². The van der Waals surface area contributed by atoms with Gasteiger partial charge in [-0.1, -0.05) is 26.8 Å². The fourth-order valence-corrected chi connectivity index (χ4v) is 0.671. The van der Waals surface area contributed by atoms with Crippen LogP contribution < -0.4 is 0 Å². The summed E-state index contributed by atoms with van der Waals surface area (Å²) in [7, 11) is 0. The van der Waals surface area contributed by atoms with Crippen LogP contribution in [0.2, 0.25) is 0 Å². The van der Waals surface area contributed by atoms with E-state index in [1.165, 1.54) is 0 Å². The van der Waals surface area contributed by atoms with Crippen LogP contribution in [0.1, 0.15) is 20.8 Å². The van der Waals surface area contributed by atoms with Crippen molar-refractivity contribution in [1.29, 1.82) is 0 Å². The molecule has 0 aliphatic carbocycles. The van der Waals surface area contributed by atoms with Crippen LogP contribution in [0, 0.1) is 5.41 Å². The molecule has 0 amide bonds. The van der Waals surface area contributed by atoms with E-state index in [1.807, 2.05) is 0 Å². The van der Waals surface area contributed by atoms with Gasteiger partial charge in [0.1, 0.15) is 0 Å². The molecule has 0 saturated heterocycles. The highest BCUT2D eigenvalue weighted by molar-refractivity contribution is 7.83. The van der Waals surface area contributed by atoms with Gasteiger partial charge in [0.15, 0.2) is 0 Å². The molecule has 0 unspecified atom stereocenters. The van der Waals surface area contributed by atoms with Gasteiger partial charge in [0, 0.05) is 0 Å². The van der Waals surface area contributed by atoms with Crippen LogP contribution in [0.25, 0.3) is 0 Å². The van der Waals surface area contributed by atoms with E-state index in [-0.39, 0.29) is 0 Å². The van der Waals surface area contributed by atoms with E-state index in [2.05, 4.69) is 39.5 Å². The van der Waals surface area contributed by atoms with Crippen molar-refractivity contribution in [2.45, 2.75) is 20.8 Å². The van der Waals surface area contributed by atoms with Gasteiger partial charge >= 0.3 is 0 Å². The number of allylic oxidation sites excluding steroid dienone is 1. The van der Waals surface area contributed by atoms with Gasteiger partial charge < -0.3 is 0 Å². The first-order valence-electron chi connectivity index (χ1n) is 2.38. The van der Waals surface area contributed by atoms with Gasteiger partial charge in [-0.2, -0.15) is 12.6 Å². The summed E-state index contributed by atoms with van der Waals surface area (Å²) in [6, 6.07) is 0. The van der Waals surface area contributed by atoms with Crippen LogP contribution in [0.5, 0.6) is 0 Å². The van der Waals surface area contributed by atoms with Crippen molar-refractivity contribution in [3.05, 3.63) is 11.5 Å². The lowest BCUT2D eigenvalue weighted by molar-refractivity contribution is 0.545. The molecule has 42 valence electrons. The minimum absolute atomic E-state index is 0.293. The SMILES string of the molecule is CC(C)(C)C=CS. The highest BCUT2D eigenvalue weighted by Crippen LogP contribution is 2.14. The second-order valence-electron chi connectivity index (χ2n) is 2.68. The maximum atomic E-state index is 3.93. The monoisotopic (exact) mass is 116 g/mol. The predicted octanol–water partition coefficient (Wildman–Crippen LogP) is 2.48. The molecule has 0 N–H and O–H groups in total. The second kappa shape index (κ2) is 2.41. The van der Waals surface area contributed by atoms with Gasteiger partial charge in [-0.3, -0.25) is 0 Å². The van der Waals surface area contributed by atoms with Crippen molar-refractivity contribution >= 4 is 12.6 Å². The van der Waals surface area contributed by atoms with Crippen LogP contribution in [0.3, 0.4) is 0 Å². The van der Waals surface area contributed by atoms with Crippen molar-refractivity contribution in [2.24, 2.45) is 5.41 Å². The Kier molecular flexibility index (Phi) is 2.44. The molecule has 0 heterocycles. The Bertz CT molecular complexity index is 66.7. The highest BCUT2D eigenvalue weighted by atomic mass is 32.1. The van der Waals surface area contributed by atoms with E-state index in [1.54, 1.807) is 5.41 Å². The van der Waals surface area contributed by atoms with Gasteiger partial charge in [-0.25, -0.2) is 0 Å². The maximum Gasteiger partial charge on any atom is -0.0195 e. The summed E-state index contributed by atoms with van der Waals surface area (Å²) < 4.78 is 0. The summed E-state index contributed by atoms with van der Waals surface area (Å²) >= 11 is 3.93. The molecule has 0 bridgehead atoms. The zero-order valence-electron chi connectivity index (χ0n) is 5.10.